The van der Waals surface area contributed by atoms with Crippen molar-refractivity contribution in [1.29, 1.82) is 0 Å². The maximum absolute atomic E-state index is 11.8. The molecule has 0 aliphatic heterocycles. The van der Waals surface area contributed by atoms with Crippen molar-refractivity contribution in [3.8, 4) is 5.75 Å². The second kappa shape index (κ2) is 5.66. The Morgan fingerprint density at radius 3 is 2.33 bits per heavy atom. The van der Waals surface area contributed by atoms with Gasteiger partial charge >= 0.3 is 0 Å². The smallest absolute Gasteiger partial charge is 0.272 e. The summed E-state index contributed by atoms with van der Waals surface area (Å²) < 4.78 is 28.4. The molecule has 0 bridgehead atoms. The molecule has 0 saturated carbocycles. The zero-order valence-corrected chi connectivity index (χ0v) is 8.49. The topological polar surface area (TPSA) is 29.5 Å². The number of hydrogen-bond donors (Lipinski definition) is 1. The van der Waals surface area contributed by atoms with Crippen LogP contribution < -0.4 is 4.74 Å². The molecular weight excluding hydrogens is 202 g/mol. The second-order valence-electron chi connectivity index (χ2n) is 3.20. The summed E-state index contributed by atoms with van der Waals surface area (Å²) in [4.78, 5) is 0. The van der Waals surface area contributed by atoms with E-state index in [-0.39, 0.29) is 0 Å². The number of halogens is 2. The van der Waals surface area contributed by atoms with Crippen LogP contribution in [0.1, 0.15) is 25.0 Å². The highest BCUT2D eigenvalue weighted by Gasteiger charge is 2.06. The highest BCUT2D eigenvalue weighted by Crippen LogP contribution is 2.19. The van der Waals surface area contributed by atoms with Gasteiger partial charge in [-0.05, 0) is 24.1 Å². The summed E-state index contributed by atoms with van der Waals surface area (Å²) in [5.41, 5.74) is 0.766. The third-order valence-electron chi connectivity index (χ3n) is 2.03. The Bertz CT molecular complexity index is 285. The van der Waals surface area contributed by atoms with Crippen LogP contribution in [0.2, 0.25) is 0 Å². The number of benzene rings is 1. The van der Waals surface area contributed by atoms with E-state index in [1.165, 1.54) is 0 Å². The molecule has 1 atom stereocenters. The molecule has 1 aromatic rings. The van der Waals surface area contributed by atoms with E-state index < -0.39 is 19.1 Å². The van der Waals surface area contributed by atoms with Crippen LogP contribution in [0, 0.1) is 0 Å². The Morgan fingerprint density at radius 1 is 1.27 bits per heavy atom. The van der Waals surface area contributed by atoms with Crippen LogP contribution in [0.15, 0.2) is 24.3 Å². The standard InChI is InChI=1S/C11H14F2O2/c1-2-10(14)8-3-5-9(6-4-8)15-7-11(12)13/h3-6,10-11,14H,2,7H2,1H3/t10-/m1/s1. The molecular formula is C11H14F2O2. The van der Waals surface area contributed by atoms with E-state index in [4.69, 9.17) is 4.74 Å². The highest BCUT2D eigenvalue weighted by molar-refractivity contribution is 5.28. The lowest BCUT2D eigenvalue weighted by molar-refractivity contribution is 0.0818. The van der Waals surface area contributed by atoms with Crippen molar-refractivity contribution in [2.45, 2.75) is 25.9 Å². The van der Waals surface area contributed by atoms with Gasteiger partial charge in [0.1, 0.15) is 12.4 Å². The highest BCUT2D eigenvalue weighted by atomic mass is 19.3. The molecule has 15 heavy (non-hydrogen) atoms. The summed E-state index contributed by atoms with van der Waals surface area (Å²) in [6.07, 6.45) is -2.35. The van der Waals surface area contributed by atoms with Crippen molar-refractivity contribution in [2.75, 3.05) is 6.61 Å². The molecule has 1 N–H and O–H groups in total. The van der Waals surface area contributed by atoms with Crippen LogP contribution >= 0.6 is 0 Å². The Labute approximate surface area is 87.5 Å². The first-order chi connectivity index (χ1) is 7.13. The van der Waals surface area contributed by atoms with E-state index in [9.17, 15) is 13.9 Å². The summed E-state index contributed by atoms with van der Waals surface area (Å²) in [6.45, 7) is 1.27. The van der Waals surface area contributed by atoms with Gasteiger partial charge in [-0.25, -0.2) is 8.78 Å². The average Bonchev–Trinajstić information content (AvgIpc) is 2.26. The molecule has 2 nitrogen and oxygen atoms in total. The molecule has 0 aliphatic carbocycles. The van der Waals surface area contributed by atoms with E-state index in [0.29, 0.717) is 12.2 Å². The van der Waals surface area contributed by atoms with Crippen molar-refractivity contribution in [1.82, 2.24) is 0 Å². The predicted molar refractivity (Wildman–Crippen MR) is 53.2 cm³/mol. The third kappa shape index (κ3) is 3.83. The number of ether oxygens (including phenoxy) is 1. The van der Waals surface area contributed by atoms with Gasteiger partial charge in [-0.1, -0.05) is 19.1 Å². The second-order valence-corrected chi connectivity index (χ2v) is 3.20. The molecule has 0 aromatic heterocycles. The van der Waals surface area contributed by atoms with Gasteiger partial charge < -0.3 is 9.84 Å². The molecule has 0 saturated heterocycles. The molecule has 1 aromatic carbocycles. The van der Waals surface area contributed by atoms with E-state index in [1.807, 2.05) is 6.92 Å². The zero-order valence-electron chi connectivity index (χ0n) is 8.49. The SMILES string of the molecule is CC[C@@H](O)c1ccc(OCC(F)F)cc1. The number of rotatable bonds is 5. The fourth-order valence-corrected chi connectivity index (χ4v) is 1.18. The molecule has 0 spiro atoms. The van der Waals surface area contributed by atoms with Gasteiger partial charge in [0.05, 0.1) is 6.10 Å². The van der Waals surface area contributed by atoms with Gasteiger partial charge in [0.25, 0.3) is 6.43 Å². The molecule has 0 unspecified atom stereocenters. The van der Waals surface area contributed by atoms with Crippen LogP contribution in [0.4, 0.5) is 8.78 Å². The van der Waals surface area contributed by atoms with Crippen molar-refractivity contribution in [3.05, 3.63) is 29.8 Å². The largest absolute Gasteiger partial charge is 0.488 e. The first-order valence-corrected chi connectivity index (χ1v) is 4.82. The molecule has 1 rings (SSSR count). The molecule has 0 aliphatic rings. The molecule has 0 heterocycles. The van der Waals surface area contributed by atoms with Gasteiger partial charge in [0.15, 0.2) is 0 Å². The van der Waals surface area contributed by atoms with Crippen molar-refractivity contribution < 1.29 is 18.6 Å². The number of alkyl halides is 2. The maximum Gasteiger partial charge on any atom is 0.272 e. The Balaban J connectivity index is 2.56. The van der Waals surface area contributed by atoms with Crippen molar-refractivity contribution >= 4 is 0 Å². The molecule has 84 valence electrons. The minimum absolute atomic E-state index is 0.391. The van der Waals surface area contributed by atoms with E-state index >= 15 is 0 Å². The summed E-state index contributed by atoms with van der Waals surface area (Å²) >= 11 is 0. The van der Waals surface area contributed by atoms with Gasteiger partial charge in [-0.3, -0.25) is 0 Å². The Kier molecular flexibility index (Phi) is 4.49. The van der Waals surface area contributed by atoms with E-state index in [0.717, 1.165) is 5.56 Å². The van der Waals surface area contributed by atoms with Gasteiger partial charge in [0, 0.05) is 0 Å². The predicted octanol–water partition coefficient (Wildman–Crippen LogP) is 2.77. The van der Waals surface area contributed by atoms with E-state index in [2.05, 4.69) is 0 Å². The number of aliphatic hydroxyl groups excluding tert-OH is 1. The van der Waals surface area contributed by atoms with Crippen LogP contribution in [-0.4, -0.2) is 18.1 Å². The summed E-state index contributed by atoms with van der Waals surface area (Å²) in [5.74, 6) is 0.391. The molecule has 0 amide bonds. The van der Waals surface area contributed by atoms with Crippen LogP contribution in [0.5, 0.6) is 5.75 Å². The first-order valence-electron chi connectivity index (χ1n) is 4.82. The van der Waals surface area contributed by atoms with Crippen LogP contribution in [0.25, 0.3) is 0 Å². The lowest BCUT2D eigenvalue weighted by atomic mass is 10.1. The number of aliphatic hydroxyl groups is 1. The lowest BCUT2D eigenvalue weighted by Crippen LogP contribution is -2.07. The zero-order chi connectivity index (χ0) is 11.3. The molecule has 4 heteroatoms. The van der Waals surface area contributed by atoms with Gasteiger partial charge in [0.2, 0.25) is 0 Å². The Hall–Kier alpha value is -1.16. The van der Waals surface area contributed by atoms with Gasteiger partial charge in [-0.15, -0.1) is 0 Å². The fourth-order valence-electron chi connectivity index (χ4n) is 1.18. The monoisotopic (exact) mass is 216 g/mol. The number of hydrogen-bond acceptors (Lipinski definition) is 2. The summed E-state index contributed by atoms with van der Waals surface area (Å²) in [7, 11) is 0. The third-order valence-corrected chi connectivity index (χ3v) is 2.03. The summed E-state index contributed by atoms with van der Waals surface area (Å²) in [5, 5.41) is 9.48. The molecule has 0 radical (unpaired) electrons. The van der Waals surface area contributed by atoms with Gasteiger partial charge in [-0.2, -0.15) is 0 Å². The van der Waals surface area contributed by atoms with Crippen molar-refractivity contribution in [3.63, 3.8) is 0 Å². The quantitative estimate of drug-likeness (QED) is 0.820. The minimum atomic E-state index is -2.47. The van der Waals surface area contributed by atoms with Crippen LogP contribution in [0.3, 0.4) is 0 Å². The first kappa shape index (κ1) is 11.9. The van der Waals surface area contributed by atoms with Crippen LogP contribution in [-0.2, 0) is 0 Å². The average molecular weight is 216 g/mol. The maximum atomic E-state index is 11.8. The summed E-state index contributed by atoms with van der Waals surface area (Å²) in [6, 6.07) is 6.51. The van der Waals surface area contributed by atoms with Crippen molar-refractivity contribution in [2.24, 2.45) is 0 Å². The fraction of sp³-hybridized carbons (Fsp3) is 0.455. The lowest BCUT2D eigenvalue weighted by Gasteiger charge is -2.09. The van der Waals surface area contributed by atoms with E-state index in [1.54, 1.807) is 24.3 Å². The Morgan fingerprint density at radius 2 is 1.87 bits per heavy atom. The molecule has 0 fully saturated rings. The normalized spacial score (nSPS) is 12.9. The minimum Gasteiger partial charge on any atom is -0.488 e.